The zero-order valence-electron chi connectivity index (χ0n) is 11.7. The number of nitrogens with one attached hydrogen (secondary N) is 1. The van der Waals surface area contributed by atoms with Crippen LogP contribution in [0.4, 0.5) is 11.6 Å². The Bertz CT molecular complexity index is 524. The van der Waals surface area contributed by atoms with Gasteiger partial charge in [0.1, 0.15) is 29.5 Å². The maximum absolute atomic E-state index is 5.56. The Kier molecular flexibility index (Phi) is 4.39. The molecule has 19 heavy (non-hydrogen) atoms. The molecule has 0 aliphatic carbocycles. The van der Waals surface area contributed by atoms with Gasteiger partial charge in [-0.1, -0.05) is 0 Å². The molecule has 0 spiro atoms. The summed E-state index contributed by atoms with van der Waals surface area (Å²) in [7, 11) is 2.02. The van der Waals surface area contributed by atoms with Gasteiger partial charge in [-0.15, -0.1) is 0 Å². The molecule has 0 radical (unpaired) electrons. The zero-order valence-corrected chi connectivity index (χ0v) is 11.7. The Balaban J connectivity index is 1.95. The van der Waals surface area contributed by atoms with Crippen molar-refractivity contribution in [3.8, 4) is 0 Å². The van der Waals surface area contributed by atoms with E-state index in [1.54, 1.807) is 6.33 Å². The third-order valence-electron chi connectivity index (χ3n) is 2.89. The van der Waals surface area contributed by atoms with Gasteiger partial charge >= 0.3 is 0 Å². The van der Waals surface area contributed by atoms with Crippen LogP contribution in [0.5, 0.6) is 0 Å². The number of aromatic nitrogens is 2. The average molecular weight is 260 g/mol. The molecule has 0 saturated heterocycles. The van der Waals surface area contributed by atoms with Crippen LogP contribution in [0.25, 0.3) is 0 Å². The number of furan rings is 1. The quantitative estimate of drug-likeness (QED) is 0.864. The van der Waals surface area contributed by atoms with Crippen LogP contribution in [0.2, 0.25) is 0 Å². The van der Waals surface area contributed by atoms with Crippen LogP contribution < -0.4 is 10.2 Å². The van der Waals surface area contributed by atoms with Gasteiger partial charge in [-0.2, -0.15) is 0 Å². The first-order chi connectivity index (χ1) is 9.19. The Morgan fingerprint density at radius 3 is 2.84 bits per heavy atom. The summed E-state index contributed by atoms with van der Waals surface area (Å²) in [5, 5.41) is 3.18. The molecular weight excluding hydrogens is 240 g/mol. The zero-order chi connectivity index (χ0) is 13.7. The minimum Gasteiger partial charge on any atom is -0.466 e. The molecule has 0 saturated carbocycles. The van der Waals surface area contributed by atoms with Crippen LogP contribution in [0.15, 0.2) is 28.9 Å². The number of hydrogen-bond donors (Lipinski definition) is 1. The standard InChI is InChI=1S/C14H20N4O/c1-4-15-13-9-14(17-10-16-13)18(3)8-7-12-6-5-11(2)19-12/h5-6,9-10H,4,7-8H2,1-3H3,(H,15,16,17). The van der Waals surface area contributed by atoms with E-state index in [1.807, 2.05) is 39.1 Å². The SMILES string of the molecule is CCNc1cc(N(C)CCc2ccc(C)o2)ncn1. The van der Waals surface area contributed by atoms with Crippen molar-refractivity contribution < 1.29 is 4.42 Å². The van der Waals surface area contributed by atoms with Crippen LogP contribution in [0.1, 0.15) is 18.4 Å². The largest absolute Gasteiger partial charge is 0.466 e. The molecule has 0 atom stereocenters. The molecule has 0 bridgehead atoms. The molecule has 0 aliphatic rings. The Morgan fingerprint density at radius 1 is 1.32 bits per heavy atom. The maximum Gasteiger partial charge on any atom is 0.133 e. The second-order valence-corrected chi connectivity index (χ2v) is 4.48. The average Bonchev–Trinajstić information content (AvgIpc) is 2.82. The van der Waals surface area contributed by atoms with E-state index in [9.17, 15) is 0 Å². The Morgan fingerprint density at radius 2 is 2.16 bits per heavy atom. The highest BCUT2D eigenvalue weighted by atomic mass is 16.3. The minimum atomic E-state index is 0.853. The van der Waals surface area contributed by atoms with Gasteiger partial charge < -0.3 is 14.6 Å². The first-order valence-corrected chi connectivity index (χ1v) is 6.51. The highest BCUT2D eigenvalue weighted by molar-refractivity contribution is 5.47. The van der Waals surface area contributed by atoms with Gasteiger partial charge in [0, 0.05) is 32.6 Å². The summed E-state index contributed by atoms with van der Waals surface area (Å²) in [5.74, 6) is 3.72. The normalized spacial score (nSPS) is 10.5. The van der Waals surface area contributed by atoms with Gasteiger partial charge in [0.15, 0.2) is 0 Å². The van der Waals surface area contributed by atoms with Gasteiger partial charge in [-0.3, -0.25) is 0 Å². The summed E-state index contributed by atoms with van der Waals surface area (Å²) in [4.78, 5) is 10.5. The molecule has 2 aromatic rings. The molecule has 1 N–H and O–H groups in total. The van der Waals surface area contributed by atoms with Crippen molar-refractivity contribution in [2.75, 3.05) is 30.4 Å². The van der Waals surface area contributed by atoms with Crippen LogP contribution in [0, 0.1) is 6.92 Å². The van der Waals surface area contributed by atoms with Gasteiger partial charge in [-0.05, 0) is 26.0 Å². The lowest BCUT2D eigenvalue weighted by Gasteiger charge is -2.17. The second-order valence-electron chi connectivity index (χ2n) is 4.48. The van der Waals surface area contributed by atoms with Crippen molar-refractivity contribution in [3.63, 3.8) is 0 Å². The second kappa shape index (κ2) is 6.22. The van der Waals surface area contributed by atoms with Crippen LogP contribution in [-0.4, -0.2) is 30.1 Å². The molecule has 2 aromatic heterocycles. The predicted molar refractivity (Wildman–Crippen MR) is 76.6 cm³/mol. The number of likely N-dealkylation sites (N-methyl/N-ethyl adjacent to an activating group) is 1. The van der Waals surface area contributed by atoms with Gasteiger partial charge in [0.2, 0.25) is 0 Å². The van der Waals surface area contributed by atoms with Crippen molar-refractivity contribution in [1.29, 1.82) is 0 Å². The molecule has 0 aromatic carbocycles. The van der Waals surface area contributed by atoms with Gasteiger partial charge in [-0.25, -0.2) is 9.97 Å². The smallest absolute Gasteiger partial charge is 0.133 e. The van der Waals surface area contributed by atoms with E-state index in [4.69, 9.17) is 4.42 Å². The molecular formula is C14H20N4O. The van der Waals surface area contributed by atoms with Crippen molar-refractivity contribution in [1.82, 2.24) is 9.97 Å². The number of nitrogens with zero attached hydrogens (tertiary/aromatic N) is 3. The molecule has 0 amide bonds. The summed E-state index contributed by atoms with van der Waals surface area (Å²) in [6, 6.07) is 5.97. The van der Waals surface area contributed by atoms with Crippen LogP contribution in [0.3, 0.4) is 0 Å². The molecule has 102 valence electrons. The van der Waals surface area contributed by atoms with Crippen molar-refractivity contribution in [3.05, 3.63) is 36.0 Å². The van der Waals surface area contributed by atoms with E-state index in [2.05, 4.69) is 20.2 Å². The lowest BCUT2D eigenvalue weighted by atomic mass is 10.3. The van der Waals surface area contributed by atoms with Crippen molar-refractivity contribution in [2.24, 2.45) is 0 Å². The highest BCUT2D eigenvalue weighted by Crippen LogP contribution is 2.14. The summed E-state index contributed by atoms with van der Waals surface area (Å²) < 4.78 is 5.56. The van der Waals surface area contributed by atoms with E-state index in [0.29, 0.717) is 0 Å². The maximum atomic E-state index is 5.56. The molecule has 0 fully saturated rings. The lowest BCUT2D eigenvalue weighted by molar-refractivity contribution is 0.483. The van der Waals surface area contributed by atoms with Crippen molar-refractivity contribution >= 4 is 11.6 Å². The fourth-order valence-electron chi connectivity index (χ4n) is 1.85. The summed E-state index contributed by atoms with van der Waals surface area (Å²) >= 11 is 0. The number of aryl methyl sites for hydroxylation is 1. The first kappa shape index (κ1) is 13.4. The number of rotatable bonds is 6. The molecule has 5 nitrogen and oxygen atoms in total. The van der Waals surface area contributed by atoms with E-state index in [0.717, 1.165) is 42.7 Å². The van der Waals surface area contributed by atoms with E-state index in [-0.39, 0.29) is 0 Å². The number of anilines is 2. The summed E-state index contributed by atoms with van der Waals surface area (Å²) in [6.45, 7) is 5.71. The minimum absolute atomic E-state index is 0.853. The fourth-order valence-corrected chi connectivity index (χ4v) is 1.85. The van der Waals surface area contributed by atoms with Gasteiger partial charge in [0.05, 0.1) is 0 Å². The monoisotopic (exact) mass is 260 g/mol. The summed E-state index contributed by atoms with van der Waals surface area (Å²) in [5.41, 5.74) is 0. The van der Waals surface area contributed by atoms with Crippen LogP contribution >= 0.6 is 0 Å². The molecule has 2 heterocycles. The molecule has 5 heteroatoms. The topological polar surface area (TPSA) is 54.2 Å². The highest BCUT2D eigenvalue weighted by Gasteiger charge is 2.06. The van der Waals surface area contributed by atoms with Crippen molar-refractivity contribution in [2.45, 2.75) is 20.3 Å². The Labute approximate surface area is 113 Å². The van der Waals surface area contributed by atoms with Crippen LogP contribution in [-0.2, 0) is 6.42 Å². The van der Waals surface area contributed by atoms with E-state index < -0.39 is 0 Å². The third kappa shape index (κ3) is 3.71. The Hall–Kier alpha value is -2.04. The van der Waals surface area contributed by atoms with Gasteiger partial charge in [0.25, 0.3) is 0 Å². The lowest BCUT2D eigenvalue weighted by Crippen LogP contribution is -2.21. The predicted octanol–water partition coefficient (Wildman–Crippen LogP) is 2.49. The fraction of sp³-hybridized carbons (Fsp3) is 0.429. The molecule has 2 rings (SSSR count). The number of hydrogen-bond acceptors (Lipinski definition) is 5. The molecule has 0 unspecified atom stereocenters. The third-order valence-corrected chi connectivity index (χ3v) is 2.89. The first-order valence-electron chi connectivity index (χ1n) is 6.51. The van der Waals surface area contributed by atoms with E-state index >= 15 is 0 Å². The molecule has 0 aliphatic heterocycles. The van der Waals surface area contributed by atoms with E-state index in [1.165, 1.54) is 0 Å². The summed E-state index contributed by atoms with van der Waals surface area (Å²) in [6.07, 6.45) is 2.45.